The number of imidazole rings is 1. The van der Waals surface area contributed by atoms with Crippen molar-refractivity contribution < 1.29 is 4.79 Å². The van der Waals surface area contributed by atoms with Crippen LogP contribution in [-0.4, -0.2) is 15.3 Å². The topological polar surface area (TPSA) is 34.9 Å². The molecule has 1 saturated carbocycles. The molecule has 1 aliphatic rings. The molecule has 1 fully saturated rings. The molecule has 1 aliphatic carbocycles. The quantitative estimate of drug-likeness (QED) is 0.820. The summed E-state index contributed by atoms with van der Waals surface area (Å²) < 4.78 is 2.06. The molecule has 3 nitrogen and oxygen atoms in total. The van der Waals surface area contributed by atoms with Gasteiger partial charge in [0.25, 0.3) is 0 Å². The van der Waals surface area contributed by atoms with E-state index in [-0.39, 0.29) is 11.3 Å². The maximum atomic E-state index is 12.5. The van der Waals surface area contributed by atoms with Crippen molar-refractivity contribution in [3.8, 4) is 0 Å². The first-order chi connectivity index (χ1) is 8.54. The Morgan fingerprint density at radius 2 is 2.28 bits per heavy atom. The van der Waals surface area contributed by atoms with Crippen molar-refractivity contribution in [3.05, 3.63) is 18.2 Å². The molecule has 1 unspecified atom stereocenters. The van der Waals surface area contributed by atoms with E-state index in [4.69, 9.17) is 0 Å². The van der Waals surface area contributed by atoms with E-state index in [9.17, 15) is 4.79 Å². The number of rotatable bonds is 4. The zero-order valence-electron chi connectivity index (χ0n) is 11.8. The summed E-state index contributed by atoms with van der Waals surface area (Å²) in [6.45, 7) is 7.44. The summed E-state index contributed by atoms with van der Waals surface area (Å²) in [5, 5.41) is 0. The minimum atomic E-state index is 0.166. The van der Waals surface area contributed by atoms with E-state index in [2.05, 4.69) is 30.3 Å². The van der Waals surface area contributed by atoms with Crippen LogP contribution in [0.1, 0.15) is 52.3 Å². The standard InChI is InChI=1S/C15H24N2O/c1-4-17-10-9-16-14(17)11-13(18)12-7-5-6-8-15(12,2)3/h9-10,12H,4-8,11H2,1-3H3. The Bertz CT molecular complexity index is 420. The first-order valence-corrected chi connectivity index (χ1v) is 7.07. The van der Waals surface area contributed by atoms with E-state index in [0.717, 1.165) is 18.8 Å². The van der Waals surface area contributed by atoms with Crippen LogP contribution in [0.3, 0.4) is 0 Å². The minimum Gasteiger partial charge on any atom is -0.335 e. The lowest BCUT2D eigenvalue weighted by Gasteiger charge is -2.37. The molecule has 100 valence electrons. The fourth-order valence-corrected chi connectivity index (χ4v) is 3.17. The zero-order chi connectivity index (χ0) is 13.2. The first-order valence-electron chi connectivity index (χ1n) is 7.07. The Hall–Kier alpha value is -1.12. The van der Waals surface area contributed by atoms with Crippen LogP contribution in [0.2, 0.25) is 0 Å². The molecule has 3 heteroatoms. The highest BCUT2D eigenvalue weighted by molar-refractivity contribution is 5.83. The van der Waals surface area contributed by atoms with E-state index < -0.39 is 0 Å². The second kappa shape index (κ2) is 5.25. The maximum Gasteiger partial charge on any atom is 0.144 e. The highest BCUT2D eigenvalue weighted by Gasteiger charge is 2.36. The van der Waals surface area contributed by atoms with Crippen molar-refractivity contribution in [2.45, 2.75) is 59.4 Å². The summed E-state index contributed by atoms with van der Waals surface area (Å²) >= 11 is 0. The summed E-state index contributed by atoms with van der Waals surface area (Å²) in [7, 11) is 0. The SMILES string of the molecule is CCn1ccnc1CC(=O)C1CCCCC1(C)C. The van der Waals surface area contributed by atoms with Gasteiger partial charge in [0, 0.05) is 24.9 Å². The lowest BCUT2D eigenvalue weighted by atomic mass is 9.67. The van der Waals surface area contributed by atoms with Crippen LogP contribution < -0.4 is 0 Å². The van der Waals surface area contributed by atoms with Crippen molar-refractivity contribution in [3.63, 3.8) is 0 Å². The highest BCUT2D eigenvalue weighted by Crippen LogP contribution is 2.41. The summed E-state index contributed by atoms with van der Waals surface area (Å²) in [6, 6.07) is 0. The third kappa shape index (κ3) is 2.65. The number of hydrogen-bond acceptors (Lipinski definition) is 2. The molecule has 2 rings (SSSR count). The summed E-state index contributed by atoms with van der Waals surface area (Å²) in [5.74, 6) is 1.51. The van der Waals surface area contributed by atoms with Gasteiger partial charge in [0.1, 0.15) is 11.6 Å². The van der Waals surface area contributed by atoms with Crippen LogP contribution in [0.5, 0.6) is 0 Å². The lowest BCUT2D eigenvalue weighted by molar-refractivity contribution is -0.127. The molecule has 0 radical (unpaired) electrons. The Morgan fingerprint density at radius 1 is 1.50 bits per heavy atom. The van der Waals surface area contributed by atoms with Crippen molar-refractivity contribution in [1.82, 2.24) is 9.55 Å². The van der Waals surface area contributed by atoms with Gasteiger partial charge in [-0.1, -0.05) is 26.7 Å². The molecular weight excluding hydrogens is 224 g/mol. The van der Waals surface area contributed by atoms with Crippen molar-refractivity contribution >= 4 is 5.78 Å². The van der Waals surface area contributed by atoms with Gasteiger partial charge in [-0.05, 0) is 25.2 Å². The molecule has 18 heavy (non-hydrogen) atoms. The molecule has 0 amide bonds. The van der Waals surface area contributed by atoms with E-state index in [1.54, 1.807) is 6.20 Å². The summed E-state index contributed by atoms with van der Waals surface area (Å²) in [5.41, 5.74) is 0.166. The molecule has 0 spiro atoms. The van der Waals surface area contributed by atoms with Gasteiger partial charge in [0.05, 0.1) is 6.42 Å². The van der Waals surface area contributed by atoms with Crippen LogP contribution in [0, 0.1) is 11.3 Å². The predicted octanol–water partition coefficient (Wildman–Crippen LogP) is 3.23. The third-order valence-corrected chi connectivity index (χ3v) is 4.37. The molecule has 0 aliphatic heterocycles. The van der Waals surface area contributed by atoms with E-state index in [1.165, 1.54) is 19.3 Å². The summed E-state index contributed by atoms with van der Waals surface area (Å²) in [4.78, 5) is 16.8. The molecule has 0 aromatic carbocycles. The highest BCUT2D eigenvalue weighted by atomic mass is 16.1. The number of carbonyl (C=O) groups is 1. The lowest BCUT2D eigenvalue weighted by Crippen LogP contribution is -2.35. The molecule has 1 atom stereocenters. The molecule has 1 aromatic rings. The smallest absolute Gasteiger partial charge is 0.144 e. The second-order valence-corrected chi connectivity index (χ2v) is 6.06. The van der Waals surface area contributed by atoms with Crippen LogP contribution in [0.25, 0.3) is 0 Å². The van der Waals surface area contributed by atoms with Crippen LogP contribution >= 0.6 is 0 Å². The fraction of sp³-hybridized carbons (Fsp3) is 0.733. The Labute approximate surface area is 110 Å². The number of Topliss-reactive ketones (excluding diaryl/α,β-unsaturated/α-hetero) is 1. The van der Waals surface area contributed by atoms with Gasteiger partial charge in [0.2, 0.25) is 0 Å². The number of nitrogens with zero attached hydrogens (tertiary/aromatic N) is 2. The van der Waals surface area contributed by atoms with Crippen LogP contribution in [0.4, 0.5) is 0 Å². The first kappa shape index (κ1) is 13.3. The van der Waals surface area contributed by atoms with E-state index in [1.807, 2.05) is 6.20 Å². The molecule has 0 saturated heterocycles. The Kier molecular flexibility index (Phi) is 3.88. The number of hydrogen-bond donors (Lipinski definition) is 0. The molecule has 0 bridgehead atoms. The van der Waals surface area contributed by atoms with E-state index in [0.29, 0.717) is 12.2 Å². The second-order valence-electron chi connectivity index (χ2n) is 6.06. The average Bonchev–Trinajstić information content (AvgIpc) is 2.75. The third-order valence-electron chi connectivity index (χ3n) is 4.37. The van der Waals surface area contributed by atoms with Gasteiger partial charge in [-0.3, -0.25) is 4.79 Å². The van der Waals surface area contributed by atoms with E-state index >= 15 is 0 Å². The fourth-order valence-electron chi connectivity index (χ4n) is 3.17. The Morgan fingerprint density at radius 3 is 2.94 bits per heavy atom. The molecule has 1 aromatic heterocycles. The van der Waals surface area contributed by atoms with Gasteiger partial charge in [-0.2, -0.15) is 0 Å². The van der Waals surface area contributed by atoms with Crippen LogP contribution in [0.15, 0.2) is 12.4 Å². The van der Waals surface area contributed by atoms with Gasteiger partial charge >= 0.3 is 0 Å². The largest absolute Gasteiger partial charge is 0.335 e. The predicted molar refractivity (Wildman–Crippen MR) is 72.4 cm³/mol. The van der Waals surface area contributed by atoms with Gasteiger partial charge < -0.3 is 4.57 Å². The van der Waals surface area contributed by atoms with Crippen LogP contribution in [-0.2, 0) is 17.8 Å². The van der Waals surface area contributed by atoms with Gasteiger partial charge in [0.15, 0.2) is 0 Å². The number of carbonyl (C=O) groups excluding carboxylic acids is 1. The van der Waals surface area contributed by atoms with Crippen molar-refractivity contribution in [2.24, 2.45) is 11.3 Å². The van der Waals surface area contributed by atoms with Gasteiger partial charge in [-0.25, -0.2) is 4.98 Å². The molecular formula is C15H24N2O. The average molecular weight is 248 g/mol. The summed E-state index contributed by atoms with van der Waals surface area (Å²) in [6.07, 6.45) is 8.93. The number of aryl methyl sites for hydroxylation is 1. The number of ketones is 1. The van der Waals surface area contributed by atoms with Gasteiger partial charge in [-0.15, -0.1) is 0 Å². The maximum absolute atomic E-state index is 12.5. The minimum absolute atomic E-state index is 0.166. The number of aromatic nitrogens is 2. The molecule has 0 N–H and O–H groups in total. The molecule has 1 heterocycles. The zero-order valence-corrected chi connectivity index (χ0v) is 11.8. The van der Waals surface area contributed by atoms with Crippen molar-refractivity contribution in [1.29, 1.82) is 0 Å². The van der Waals surface area contributed by atoms with Crippen molar-refractivity contribution in [2.75, 3.05) is 0 Å². The normalized spacial score (nSPS) is 22.9. The monoisotopic (exact) mass is 248 g/mol. The Balaban J connectivity index is 2.07.